The minimum atomic E-state index is -0.442. The van der Waals surface area contributed by atoms with E-state index in [1.54, 1.807) is 0 Å². The number of aromatic nitrogens is 3. The third kappa shape index (κ3) is 4.98. The average Bonchev–Trinajstić information content (AvgIpc) is 4.23. The van der Waals surface area contributed by atoms with Gasteiger partial charge < -0.3 is 4.57 Å². The molecule has 1 spiro atoms. The number of hydrogen-bond acceptors (Lipinski definition) is 1. The van der Waals surface area contributed by atoms with Gasteiger partial charge in [0.25, 0.3) is 6.71 Å². The van der Waals surface area contributed by atoms with Gasteiger partial charge in [0.05, 0.1) is 22.0 Å². The van der Waals surface area contributed by atoms with Crippen molar-refractivity contribution in [3.63, 3.8) is 0 Å². The summed E-state index contributed by atoms with van der Waals surface area (Å²) in [4.78, 5) is 5.83. The van der Waals surface area contributed by atoms with Crippen LogP contribution in [0.25, 0.3) is 106 Å². The zero-order valence-electron chi connectivity index (χ0n) is 40.1. The molecule has 73 heavy (non-hydrogen) atoms. The molecule has 2 aromatic heterocycles. The number of rotatable bonds is 4. The van der Waals surface area contributed by atoms with Crippen LogP contribution in [0.2, 0.25) is 0 Å². The minimum Gasteiger partial charge on any atom is -0.310 e. The van der Waals surface area contributed by atoms with Crippen LogP contribution in [-0.2, 0) is 5.41 Å². The first kappa shape index (κ1) is 39.7. The fourth-order valence-electron chi connectivity index (χ4n) is 14.5. The second-order valence-corrected chi connectivity index (χ2v) is 20.9. The van der Waals surface area contributed by atoms with Gasteiger partial charge in [-0.1, -0.05) is 207 Å². The zero-order chi connectivity index (χ0) is 47.7. The van der Waals surface area contributed by atoms with E-state index in [2.05, 4.69) is 247 Å². The summed E-state index contributed by atoms with van der Waals surface area (Å²) in [5.74, 6) is 1.39. The number of para-hydroxylation sites is 2. The van der Waals surface area contributed by atoms with Crippen LogP contribution in [0.3, 0.4) is 0 Å². The van der Waals surface area contributed by atoms with Crippen LogP contribution in [0, 0.1) is 5.92 Å². The maximum absolute atomic E-state index is 5.83. The van der Waals surface area contributed by atoms with Crippen molar-refractivity contribution < 1.29 is 0 Å². The first-order valence-electron chi connectivity index (χ1n) is 25.9. The predicted molar refractivity (Wildman–Crippen MR) is 304 cm³/mol. The Kier molecular flexibility index (Phi) is 7.80. The first-order chi connectivity index (χ1) is 36.2. The van der Waals surface area contributed by atoms with E-state index in [-0.39, 0.29) is 6.71 Å². The molecule has 5 aliphatic rings. The predicted octanol–water partition coefficient (Wildman–Crippen LogP) is 14.6. The van der Waals surface area contributed by atoms with Crippen molar-refractivity contribution in [3.05, 3.63) is 258 Å². The molecule has 0 fully saturated rings. The second kappa shape index (κ2) is 14.3. The highest BCUT2D eigenvalue weighted by Crippen LogP contribution is 2.64. The van der Waals surface area contributed by atoms with Crippen molar-refractivity contribution in [2.75, 3.05) is 0 Å². The van der Waals surface area contributed by atoms with Crippen LogP contribution in [0.15, 0.2) is 231 Å². The fourth-order valence-corrected chi connectivity index (χ4v) is 14.5. The van der Waals surface area contributed by atoms with E-state index < -0.39 is 5.41 Å². The van der Waals surface area contributed by atoms with Gasteiger partial charge in [-0.2, -0.15) is 0 Å². The van der Waals surface area contributed by atoms with E-state index >= 15 is 0 Å². The number of nitrogens with zero attached hydrogens (tertiary/aromatic N) is 3. The third-order valence-corrected chi connectivity index (χ3v) is 17.3. The highest BCUT2D eigenvalue weighted by molar-refractivity contribution is 7.00. The summed E-state index contributed by atoms with van der Waals surface area (Å²) in [7, 11) is 0. The van der Waals surface area contributed by atoms with E-state index in [0.29, 0.717) is 5.92 Å². The highest BCUT2D eigenvalue weighted by Gasteiger charge is 2.53. The molecule has 0 saturated carbocycles. The minimum absolute atomic E-state index is 0.00767. The first-order valence-corrected chi connectivity index (χ1v) is 25.9. The van der Waals surface area contributed by atoms with Gasteiger partial charge in [0.1, 0.15) is 5.82 Å². The molecule has 4 heteroatoms. The molecule has 338 valence electrons. The summed E-state index contributed by atoms with van der Waals surface area (Å²) in [5.41, 5.74) is 30.0. The Morgan fingerprint density at radius 2 is 1.07 bits per heavy atom. The summed E-state index contributed by atoms with van der Waals surface area (Å²) in [6.45, 7) is 2.34. The lowest BCUT2D eigenvalue weighted by molar-refractivity contribution is 0.749. The Morgan fingerprint density at radius 1 is 0.466 bits per heavy atom. The number of imidazole rings is 1. The summed E-state index contributed by atoms with van der Waals surface area (Å²) in [6.07, 6.45) is 7.88. The summed E-state index contributed by atoms with van der Waals surface area (Å²) in [5, 5.41) is 2.58. The molecule has 1 unspecified atom stereocenters. The van der Waals surface area contributed by atoms with Gasteiger partial charge in [0.2, 0.25) is 0 Å². The lowest BCUT2D eigenvalue weighted by Gasteiger charge is -2.34. The standard InChI is InChI=1S/C69H44BN3/c1-41-18-14-23-44(38-41)52-40-45(42-19-4-2-5-20-42)39-51(43-21-6-3-7-22-43)62(52)68-71-59-33-16-32-58-67(59)73(68)61-35-17-34-60-64(61)70(58)57-31-15-27-48-49-36-37-56-63(66(49)72(60)65(48)57)50-26-10-13-30-55(50)69(56)53-28-11-8-24-46(53)47-25-9-12-29-54(47)69/h2-37,39-41H,38H2,1H3. The highest BCUT2D eigenvalue weighted by atomic mass is 15.1. The third-order valence-electron chi connectivity index (χ3n) is 17.3. The summed E-state index contributed by atoms with van der Waals surface area (Å²) < 4.78 is 5.22. The van der Waals surface area contributed by atoms with Gasteiger partial charge in [-0.25, -0.2) is 4.98 Å². The molecule has 4 heterocycles. The molecule has 1 atom stereocenters. The maximum Gasteiger partial charge on any atom is 0.252 e. The fraction of sp³-hybridized carbons (Fsp3) is 0.0580. The molecule has 12 aromatic rings. The van der Waals surface area contributed by atoms with Crippen LogP contribution < -0.4 is 16.4 Å². The number of hydrogen-bond donors (Lipinski definition) is 0. The van der Waals surface area contributed by atoms with Gasteiger partial charge in [0, 0.05) is 38.8 Å². The largest absolute Gasteiger partial charge is 0.310 e. The van der Waals surface area contributed by atoms with E-state index in [1.165, 1.54) is 139 Å². The van der Waals surface area contributed by atoms with Crippen molar-refractivity contribution >= 4 is 61.5 Å². The normalized spacial score (nSPS) is 15.7. The number of allylic oxidation sites excluding steroid dienone is 4. The Bertz CT molecular complexity index is 4440. The summed E-state index contributed by atoms with van der Waals surface area (Å²) >= 11 is 0. The molecule has 2 aliphatic heterocycles. The Morgan fingerprint density at radius 3 is 1.81 bits per heavy atom. The quantitative estimate of drug-likeness (QED) is 0.161. The van der Waals surface area contributed by atoms with E-state index in [9.17, 15) is 0 Å². The zero-order valence-corrected chi connectivity index (χ0v) is 40.1. The van der Waals surface area contributed by atoms with Crippen molar-refractivity contribution in [3.8, 4) is 67.3 Å². The van der Waals surface area contributed by atoms with Crippen LogP contribution in [-0.4, -0.2) is 20.8 Å². The Hall–Kier alpha value is -8.99. The molecule has 10 aromatic carbocycles. The smallest absolute Gasteiger partial charge is 0.252 e. The molecule has 17 rings (SSSR count). The molecule has 0 bridgehead atoms. The van der Waals surface area contributed by atoms with E-state index in [0.717, 1.165) is 17.8 Å². The monoisotopic (exact) mass is 925 g/mol. The van der Waals surface area contributed by atoms with E-state index in [4.69, 9.17) is 4.98 Å². The van der Waals surface area contributed by atoms with Crippen molar-refractivity contribution in [1.82, 2.24) is 14.1 Å². The van der Waals surface area contributed by atoms with E-state index in [1.807, 2.05) is 0 Å². The summed E-state index contributed by atoms with van der Waals surface area (Å²) in [6, 6.07) is 80.2. The molecular formula is C69H44BN3. The van der Waals surface area contributed by atoms with Gasteiger partial charge in [-0.3, -0.25) is 4.57 Å². The lowest BCUT2D eigenvalue weighted by Crippen LogP contribution is -2.59. The van der Waals surface area contributed by atoms with Crippen molar-refractivity contribution in [2.24, 2.45) is 5.92 Å². The van der Waals surface area contributed by atoms with Gasteiger partial charge >= 0.3 is 0 Å². The van der Waals surface area contributed by atoms with Crippen LogP contribution in [0.5, 0.6) is 0 Å². The van der Waals surface area contributed by atoms with Crippen LogP contribution in [0.4, 0.5) is 0 Å². The molecule has 3 aliphatic carbocycles. The Labute approximate surface area is 423 Å². The topological polar surface area (TPSA) is 22.8 Å². The average molecular weight is 926 g/mol. The van der Waals surface area contributed by atoms with Crippen molar-refractivity contribution in [1.29, 1.82) is 0 Å². The number of benzene rings is 10. The van der Waals surface area contributed by atoms with Gasteiger partial charge in [-0.15, -0.1) is 0 Å². The second-order valence-electron chi connectivity index (χ2n) is 20.9. The Balaban J connectivity index is 0.986. The number of fused-ring (bicyclic) bond motifs is 18. The SMILES string of the molecule is CC1C=CC=C(c2cc(-c3ccccc3)cc(-c3ccccc3)c2-c2nc3cccc4c3n2-c2cccc3c2B4c2cccc4c5ccc6c(c5n-3c24)-c2ccccc2C62c3ccccc3-c3ccccc32)C1. The molecule has 0 radical (unpaired) electrons. The lowest BCUT2D eigenvalue weighted by atomic mass is 9.34. The molecule has 0 N–H and O–H groups in total. The molecule has 3 nitrogen and oxygen atoms in total. The van der Waals surface area contributed by atoms with Gasteiger partial charge in [0.15, 0.2) is 0 Å². The van der Waals surface area contributed by atoms with Crippen LogP contribution >= 0.6 is 0 Å². The van der Waals surface area contributed by atoms with Gasteiger partial charge in [-0.05, 0) is 131 Å². The molecule has 0 saturated heterocycles. The van der Waals surface area contributed by atoms with Crippen LogP contribution in [0.1, 0.15) is 41.2 Å². The molecular weight excluding hydrogens is 882 g/mol. The maximum atomic E-state index is 5.83. The molecule has 0 amide bonds. The van der Waals surface area contributed by atoms with Crippen molar-refractivity contribution in [2.45, 2.75) is 18.8 Å².